The van der Waals surface area contributed by atoms with E-state index in [0.29, 0.717) is 42.5 Å². The average molecular weight is 476 g/mol. The van der Waals surface area contributed by atoms with Gasteiger partial charge >= 0.3 is 0 Å². The van der Waals surface area contributed by atoms with E-state index in [1.54, 1.807) is 25.1 Å². The molecule has 8 nitrogen and oxygen atoms in total. The molecule has 0 spiro atoms. The third-order valence-corrected chi connectivity index (χ3v) is 5.60. The molecule has 0 bridgehead atoms. The van der Waals surface area contributed by atoms with E-state index in [0.717, 1.165) is 30.1 Å². The zero-order chi connectivity index (χ0) is 24.0. The van der Waals surface area contributed by atoms with Gasteiger partial charge in [0.25, 0.3) is 0 Å². The topological polar surface area (TPSA) is 122 Å². The van der Waals surface area contributed by atoms with Gasteiger partial charge < -0.3 is 26.4 Å². The number of halogens is 2. The van der Waals surface area contributed by atoms with Gasteiger partial charge in [0.15, 0.2) is 0 Å². The van der Waals surface area contributed by atoms with Gasteiger partial charge in [-0.1, -0.05) is 17.7 Å². The minimum absolute atomic E-state index is 0.0440. The number of rotatable bonds is 7. The van der Waals surface area contributed by atoms with Crippen LogP contribution >= 0.6 is 11.6 Å². The number of hydrogen-bond acceptors (Lipinski definition) is 7. The molecule has 1 aromatic rings. The standard InChI is InChI=1S/C23H31ClFN7O/c1-14(26)9-21(27)31-22(28)11-17(13-32-5-7-33-8-6-32)23-29-15(2)20(30-23)10-16-3-4-18(24)12-19(16)25/h3-4,9,11-12,23,29-30H,5-8,10,13,26H2,1-2H3,(H3,27,28,31)/b14-9-,17-11-. The molecule has 1 atom stereocenters. The summed E-state index contributed by atoms with van der Waals surface area (Å²) in [4.78, 5) is 2.26. The molecule has 2 heterocycles. The van der Waals surface area contributed by atoms with Gasteiger partial charge in [0.2, 0.25) is 0 Å². The molecule has 178 valence electrons. The Morgan fingerprint density at radius 3 is 2.64 bits per heavy atom. The lowest BCUT2D eigenvalue weighted by atomic mass is 10.1. The molecule has 0 saturated carbocycles. The Bertz CT molecular complexity index is 995. The van der Waals surface area contributed by atoms with Crippen LogP contribution in [0.2, 0.25) is 5.02 Å². The van der Waals surface area contributed by atoms with Crippen LogP contribution in [-0.4, -0.2) is 55.6 Å². The number of benzene rings is 1. The maximum Gasteiger partial charge on any atom is 0.128 e. The van der Waals surface area contributed by atoms with Crippen molar-refractivity contribution in [3.63, 3.8) is 0 Å². The number of ether oxygens (including phenoxy) is 1. The summed E-state index contributed by atoms with van der Waals surface area (Å²) < 4.78 is 19.8. The zero-order valence-electron chi connectivity index (χ0n) is 18.9. The quantitative estimate of drug-likeness (QED) is 0.266. The van der Waals surface area contributed by atoms with Crippen LogP contribution in [0, 0.1) is 16.6 Å². The normalized spacial score (nSPS) is 19.8. The molecule has 0 aliphatic carbocycles. The van der Waals surface area contributed by atoms with Crippen LogP contribution in [0.5, 0.6) is 0 Å². The lowest BCUT2D eigenvalue weighted by Crippen LogP contribution is -2.44. The maximum atomic E-state index is 14.3. The predicted octanol–water partition coefficient (Wildman–Crippen LogP) is 2.44. The molecule has 7 N–H and O–H groups in total. The second-order valence-electron chi connectivity index (χ2n) is 8.19. The highest BCUT2D eigenvalue weighted by atomic mass is 35.5. The first-order valence-electron chi connectivity index (χ1n) is 10.8. The molecule has 1 unspecified atom stereocenters. The molecule has 2 aliphatic heterocycles. The Morgan fingerprint density at radius 2 is 1.97 bits per heavy atom. The van der Waals surface area contributed by atoms with E-state index in [9.17, 15) is 4.39 Å². The number of nitrogens with zero attached hydrogens (tertiary/aromatic N) is 1. The zero-order valence-corrected chi connectivity index (χ0v) is 19.7. The van der Waals surface area contributed by atoms with E-state index >= 15 is 0 Å². The van der Waals surface area contributed by atoms with Gasteiger partial charge in [-0.15, -0.1) is 0 Å². The van der Waals surface area contributed by atoms with Crippen molar-refractivity contribution in [2.75, 3.05) is 32.8 Å². The molecule has 0 radical (unpaired) electrons. The Kier molecular flexibility index (Phi) is 8.49. The Morgan fingerprint density at radius 1 is 1.27 bits per heavy atom. The number of nitrogens with two attached hydrogens (primary N) is 1. The SMILES string of the molecule is CC1=C(Cc2ccc(Cl)cc2F)NC(/C(=C\C(=N)NC(=N)/C=C(/C)N)CN2CCOCC2)N1. The average Bonchev–Trinajstić information content (AvgIpc) is 3.10. The lowest BCUT2D eigenvalue weighted by molar-refractivity contribution is 0.0415. The second kappa shape index (κ2) is 11.3. The fourth-order valence-corrected chi connectivity index (χ4v) is 3.87. The number of hydrogen-bond donors (Lipinski definition) is 6. The molecule has 0 aromatic heterocycles. The summed E-state index contributed by atoms with van der Waals surface area (Å²) in [5.74, 6) is -0.216. The Hall–Kier alpha value is -2.88. The number of nitrogens with one attached hydrogen (secondary N) is 5. The van der Waals surface area contributed by atoms with Crippen LogP contribution in [0.3, 0.4) is 0 Å². The third kappa shape index (κ3) is 7.31. The molecule has 1 saturated heterocycles. The maximum absolute atomic E-state index is 14.3. The monoisotopic (exact) mass is 475 g/mol. The number of amidine groups is 2. The second-order valence-corrected chi connectivity index (χ2v) is 8.62. The van der Waals surface area contributed by atoms with Crippen LogP contribution in [0.25, 0.3) is 0 Å². The van der Waals surface area contributed by atoms with Crippen molar-refractivity contribution in [3.05, 3.63) is 69.4 Å². The van der Waals surface area contributed by atoms with Gasteiger partial charge in [0.1, 0.15) is 23.7 Å². The van der Waals surface area contributed by atoms with Crippen molar-refractivity contribution >= 4 is 23.3 Å². The minimum atomic E-state index is -0.343. The third-order valence-electron chi connectivity index (χ3n) is 5.37. The number of allylic oxidation sites excluding steroid dienone is 3. The molecule has 1 aromatic carbocycles. The van der Waals surface area contributed by atoms with Crippen molar-refractivity contribution in [2.45, 2.75) is 26.4 Å². The highest BCUT2D eigenvalue weighted by Crippen LogP contribution is 2.22. The first-order chi connectivity index (χ1) is 15.7. The van der Waals surface area contributed by atoms with E-state index in [-0.39, 0.29) is 23.7 Å². The van der Waals surface area contributed by atoms with Crippen LogP contribution in [0.4, 0.5) is 4.39 Å². The molecular weight excluding hydrogens is 445 g/mol. The largest absolute Gasteiger partial charge is 0.402 e. The fraction of sp³-hybridized carbons (Fsp3) is 0.391. The molecule has 2 aliphatic rings. The molecule has 1 fully saturated rings. The van der Waals surface area contributed by atoms with Crippen molar-refractivity contribution in [1.29, 1.82) is 10.8 Å². The molecule has 3 rings (SSSR count). The van der Waals surface area contributed by atoms with E-state index < -0.39 is 0 Å². The summed E-state index contributed by atoms with van der Waals surface area (Å²) in [7, 11) is 0. The highest BCUT2D eigenvalue weighted by molar-refractivity contribution is 6.30. The summed E-state index contributed by atoms with van der Waals surface area (Å²) in [5, 5.41) is 26.2. The first kappa shape index (κ1) is 24.8. The van der Waals surface area contributed by atoms with Crippen molar-refractivity contribution < 1.29 is 9.13 Å². The van der Waals surface area contributed by atoms with Gasteiger partial charge in [-0.3, -0.25) is 15.7 Å². The summed E-state index contributed by atoms with van der Waals surface area (Å²) in [6.07, 6.45) is 3.30. The summed E-state index contributed by atoms with van der Waals surface area (Å²) in [6, 6.07) is 4.68. The summed E-state index contributed by atoms with van der Waals surface area (Å²) in [5.41, 5.74) is 9.36. The molecular formula is C23H31ClFN7O. The lowest BCUT2D eigenvalue weighted by Gasteiger charge is -2.30. The van der Waals surface area contributed by atoms with Gasteiger partial charge in [0.05, 0.1) is 13.2 Å². The van der Waals surface area contributed by atoms with Gasteiger partial charge in [0, 0.05) is 48.2 Å². The van der Waals surface area contributed by atoms with Crippen LogP contribution < -0.4 is 21.7 Å². The highest BCUT2D eigenvalue weighted by Gasteiger charge is 2.26. The van der Waals surface area contributed by atoms with Crippen LogP contribution in [0.1, 0.15) is 19.4 Å². The van der Waals surface area contributed by atoms with Gasteiger partial charge in [-0.25, -0.2) is 4.39 Å². The predicted molar refractivity (Wildman–Crippen MR) is 130 cm³/mol. The summed E-state index contributed by atoms with van der Waals surface area (Å²) >= 11 is 5.88. The Labute approximate surface area is 198 Å². The van der Waals surface area contributed by atoms with E-state index in [1.807, 2.05) is 6.92 Å². The molecule has 10 heteroatoms. The van der Waals surface area contributed by atoms with Crippen LogP contribution in [0.15, 0.2) is 53.0 Å². The minimum Gasteiger partial charge on any atom is -0.402 e. The smallest absolute Gasteiger partial charge is 0.128 e. The van der Waals surface area contributed by atoms with Crippen LogP contribution in [-0.2, 0) is 11.2 Å². The van der Waals surface area contributed by atoms with E-state index in [4.69, 9.17) is 32.9 Å². The molecule has 0 amide bonds. The van der Waals surface area contributed by atoms with E-state index in [2.05, 4.69) is 20.9 Å². The van der Waals surface area contributed by atoms with Crippen molar-refractivity contribution in [3.8, 4) is 0 Å². The van der Waals surface area contributed by atoms with Gasteiger partial charge in [-0.05, 0) is 49.3 Å². The summed E-state index contributed by atoms with van der Waals surface area (Å²) in [6.45, 7) is 7.17. The van der Waals surface area contributed by atoms with E-state index in [1.165, 1.54) is 12.1 Å². The Balaban J connectivity index is 1.75. The van der Waals surface area contributed by atoms with Crippen molar-refractivity contribution in [1.82, 2.24) is 20.9 Å². The van der Waals surface area contributed by atoms with Crippen molar-refractivity contribution in [2.24, 2.45) is 5.73 Å². The number of morpholine rings is 1. The molecule has 33 heavy (non-hydrogen) atoms. The first-order valence-corrected chi connectivity index (χ1v) is 11.1. The van der Waals surface area contributed by atoms with Gasteiger partial charge in [-0.2, -0.15) is 0 Å². The fourth-order valence-electron chi connectivity index (χ4n) is 3.71.